The number of ether oxygens (including phenoxy) is 2. The van der Waals surface area contributed by atoms with Crippen molar-refractivity contribution >= 4 is 5.91 Å². The Kier molecular flexibility index (Phi) is 6.01. The molecule has 3 aromatic rings. The summed E-state index contributed by atoms with van der Waals surface area (Å²) < 4.78 is 36.9. The normalized spacial score (nSPS) is 10.8. The lowest BCUT2D eigenvalue weighted by Gasteiger charge is -2.11. The number of methoxy groups -OCH3 is 1. The number of hydrogen-bond donors (Lipinski definition) is 1. The van der Waals surface area contributed by atoms with E-state index in [2.05, 4.69) is 9.97 Å². The molecule has 0 bridgehead atoms. The van der Waals surface area contributed by atoms with E-state index in [1.807, 2.05) is 13.0 Å². The number of alkyl halides is 2. The van der Waals surface area contributed by atoms with Crippen molar-refractivity contribution in [3.8, 4) is 28.6 Å². The molecule has 0 aliphatic rings. The van der Waals surface area contributed by atoms with Crippen LogP contribution >= 0.6 is 0 Å². The second-order valence-corrected chi connectivity index (χ2v) is 6.14. The fourth-order valence-electron chi connectivity index (χ4n) is 2.89. The zero-order valence-electron chi connectivity index (χ0n) is 15.9. The summed E-state index contributed by atoms with van der Waals surface area (Å²) in [5.74, 6) is -0.0829. The topological polar surface area (TPSA) is 87.3 Å². The number of aromatic nitrogens is 2. The van der Waals surface area contributed by atoms with Crippen molar-refractivity contribution in [1.29, 1.82) is 0 Å². The van der Waals surface area contributed by atoms with E-state index >= 15 is 0 Å². The van der Waals surface area contributed by atoms with Crippen LogP contribution in [-0.4, -0.2) is 23.0 Å². The molecule has 0 aliphatic heterocycles. The lowest BCUT2D eigenvalue weighted by atomic mass is 9.99. The number of carbonyl (C=O) groups excluding carboxylic acids is 1. The summed E-state index contributed by atoms with van der Waals surface area (Å²) in [5, 5.41) is 0. The van der Waals surface area contributed by atoms with E-state index in [1.54, 1.807) is 30.5 Å². The van der Waals surface area contributed by atoms with E-state index in [0.29, 0.717) is 23.4 Å². The van der Waals surface area contributed by atoms with Gasteiger partial charge in [0.05, 0.1) is 24.6 Å². The predicted octanol–water partition coefficient (Wildman–Crippen LogP) is 4.54. The number of aryl methyl sites for hydroxylation is 1. The van der Waals surface area contributed by atoms with Gasteiger partial charge in [-0.3, -0.25) is 9.78 Å². The largest absolute Gasteiger partial charge is 0.481 e. The number of pyridine rings is 2. The third-order valence-corrected chi connectivity index (χ3v) is 4.30. The van der Waals surface area contributed by atoms with Crippen LogP contribution in [0.4, 0.5) is 8.78 Å². The van der Waals surface area contributed by atoms with Crippen molar-refractivity contribution in [1.82, 2.24) is 9.97 Å². The lowest BCUT2D eigenvalue weighted by Crippen LogP contribution is -2.13. The van der Waals surface area contributed by atoms with Gasteiger partial charge in [0.2, 0.25) is 11.8 Å². The Morgan fingerprint density at radius 2 is 1.93 bits per heavy atom. The average molecular weight is 399 g/mol. The van der Waals surface area contributed by atoms with Crippen LogP contribution in [0.5, 0.6) is 17.4 Å². The molecule has 0 spiro atoms. The molecular weight excluding hydrogens is 380 g/mol. The van der Waals surface area contributed by atoms with Crippen LogP contribution in [-0.2, 0) is 6.42 Å². The van der Waals surface area contributed by atoms with Crippen molar-refractivity contribution in [2.24, 2.45) is 5.73 Å². The molecular formula is C21H19F2N3O3. The van der Waals surface area contributed by atoms with Crippen LogP contribution in [0.1, 0.15) is 34.8 Å². The quantitative estimate of drug-likeness (QED) is 0.630. The maximum atomic E-state index is 13.2. The van der Waals surface area contributed by atoms with Crippen molar-refractivity contribution < 1.29 is 23.0 Å². The van der Waals surface area contributed by atoms with Crippen LogP contribution in [0.2, 0.25) is 0 Å². The highest BCUT2D eigenvalue weighted by molar-refractivity contribution is 5.95. The SMILES string of the molecule is CCc1cc(-c2cc(Oc3cnc(OC)c(C(F)F)c3)ccn2)ccc1C(N)=O. The first-order valence-electron chi connectivity index (χ1n) is 8.82. The molecule has 29 heavy (non-hydrogen) atoms. The van der Waals surface area contributed by atoms with Gasteiger partial charge < -0.3 is 15.2 Å². The zero-order valence-corrected chi connectivity index (χ0v) is 15.9. The summed E-state index contributed by atoms with van der Waals surface area (Å²) >= 11 is 0. The minimum Gasteiger partial charge on any atom is -0.481 e. The molecule has 2 aromatic heterocycles. The Balaban J connectivity index is 1.91. The number of amides is 1. The third-order valence-electron chi connectivity index (χ3n) is 4.30. The second kappa shape index (κ2) is 8.64. The first-order chi connectivity index (χ1) is 13.9. The minimum atomic E-state index is -2.75. The predicted molar refractivity (Wildman–Crippen MR) is 103 cm³/mol. The fourth-order valence-corrected chi connectivity index (χ4v) is 2.89. The smallest absolute Gasteiger partial charge is 0.269 e. The van der Waals surface area contributed by atoms with Gasteiger partial charge >= 0.3 is 0 Å². The van der Waals surface area contributed by atoms with Gasteiger partial charge in [-0.15, -0.1) is 0 Å². The average Bonchev–Trinajstić information content (AvgIpc) is 2.73. The molecule has 1 aromatic carbocycles. The van der Waals surface area contributed by atoms with E-state index in [9.17, 15) is 13.6 Å². The number of carbonyl (C=O) groups is 1. The first-order valence-corrected chi connectivity index (χ1v) is 8.82. The summed E-state index contributed by atoms with van der Waals surface area (Å²) in [6, 6.07) is 9.71. The number of nitrogens with zero attached hydrogens (tertiary/aromatic N) is 2. The fraction of sp³-hybridized carbons (Fsp3) is 0.190. The Morgan fingerprint density at radius 3 is 2.59 bits per heavy atom. The molecule has 3 rings (SSSR count). The summed E-state index contributed by atoms with van der Waals surface area (Å²) in [6.07, 6.45) is 0.742. The number of halogens is 2. The lowest BCUT2D eigenvalue weighted by molar-refractivity contribution is 0.0999. The highest BCUT2D eigenvalue weighted by atomic mass is 19.3. The Bertz CT molecular complexity index is 1040. The van der Waals surface area contributed by atoms with Gasteiger partial charge in [-0.1, -0.05) is 13.0 Å². The molecule has 6 nitrogen and oxygen atoms in total. The van der Waals surface area contributed by atoms with Crippen LogP contribution in [0.15, 0.2) is 48.8 Å². The van der Waals surface area contributed by atoms with Gasteiger partial charge in [0.25, 0.3) is 6.43 Å². The van der Waals surface area contributed by atoms with Crippen LogP contribution in [0.25, 0.3) is 11.3 Å². The van der Waals surface area contributed by atoms with Crippen LogP contribution < -0.4 is 15.2 Å². The van der Waals surface area contributed by atoms with Crippen molar-refractivity contribution in [2.45, 2.75) is 19.8 Å². The monoisotopic (exact) mass is 399 g/mol. The number of rotatable bonds is 7. The van der Waals surface area contributed by atoms with E-state index in [4.69, 9.17) is 15.2 Å². The highest BCUT2D eigenvalue weighted by Gasteiger charge is 2.17. The van der Waals surface area contributed by atoms with Gasteiger partial charge in [-0.25, -0.2) is 13.8 Å². The Morgan fingerprint density at radius 1 is 1.14 bits per heavy atom. The molecule has 2 heterocycles. The summed E-state index contributed by atoms with van der Waals surface area (Å²) in [7, 11) is 1.28. The zero-order chi connectivity index (χ0) is 21.0. The Hall–Kier alpha value is -3.55. The minimum absolute atomic E-state index is 0.149. The molecule has 0 fully saturated rings. The van der Waals surface area contributed by atoms with Gasteiger partial charge in [-0.2, -0.15) is 0 Å². The molecule has 8 heteroatoms. The van der Waals surface area contributed by atoms with Crippen molar-refractivity contribution in [3.05, 3.63) is 65.5 Å². The van der Waals surface area contributed by atoms with Crippen LogP contribution in [0, 0.1) is 0 Å². The molecule has 0 atom stereocenters. The molecule has 150 valence electrons. The molecule has 1 amide bonds. The summed E-state index contributed by atoms with van der Waals surface area (Å²) in [4.78, 5) is 19.7. The summed E-state index contributed by atoms with van der Waals surface area (Å²) in [6.45, 7) is 1.93. The van der Waals surface area contributed by atoms with E-state index < -0.39 is 12.3 Å². The number of nitrogens with two attached hydrogens (primary N) is 1. The third kappa shape index (κ3) is 4.48. The number of primary amides is 1. The van der Waals surface area contributed by atoms with Gasteiger partial charge in [0.15, 0.2) is 0 Å². The first kappa shape index (κ1) is 20.2. The molecule has 0 aliphatic carbocycles. The van der Waals surface area contributed by atoms with Gasteiger partial charge in [0.1, 0.15) is 11.5 Å². The van der Waals surface area contributed by atoms with Crippen LogP contribution in [0.3, 0.4) is 0 Å². The summed E-state index contributed by atoms with van der Waals surface area (Å²) in [5.41, 5.74) is 7.70. The number of benzene rings is 1. The van der Waals surface area contributed by atoms with Crippen molar-refractivity contribution in [2.75, 3.05) is 7.11 Å². The van der Waals surface area contributed by atoms with Gasteiger partial charge in [-0.05, 0) is 36.2 Å². The van der Waals surface area contributed by atoms with E-state index in [-0.39, 0.29) is 17.2 Å². The van der Waals surface area contributed by atoms with Crippen molar-refractivity contribution in [3.63, 3.8) is 0 Å². The number of hydrogen-bond acceptors (Lipinski definition) is 5. The molecule has 0 unspecified atom stereocenters. The molecule has 0 radical (unpaired) electrons. The van der Waals surface area contributed by atoms with E-state index in [0.717, 1.165) is 11.1 Å². The Labute approximate surface area is 166 Å². The second-order valence-electron chi connectivity index (χ2n) is 6.14. The maximum absolute atomic E-state index is 13.2. The highest BCUT2D eigenvalue weighted by Crippen LogP contribution is 2.32. The maximum Gasteiger partial charge on any atom is 0.269 e. The standard InChI is InChI=1S/C21H19F2N3O3/c1-3-12-8-13(4-5-16(12)20(24)27)18-10-14(6-7-25-18)29-15-9-17(19(22)23)21(28-2)26-11-15/h4-11,19H,3H2,1-2H3,(H2,24,27). The van der Waals surface area contributed by atoms with E-state index in [1.165, 1.54) is 19.4 Å². The molecule has 2 N–H and O–H groups in total. The molecule has 0 saturated carbocycles. The van der Waals surface area contributed by atoms with Gasteiger partial charge in [0, 0.05) is 23.4 Å². The molecule has 0 saturated heterocycles.